The lowest BCUT2D eigenvalue weighted by Gasteiger charge is -2.19. The van der Waals surface area contributed by atoms with Crippen LogP contribution in [0.1, 0.15) is 37.2 Å². The number of aryl methyl sites for hydroxylation is 2. The van der Waals surface area contributed by atoms with Crippen LogP contribution in [-0.2, 0) is 6.54 Å². The molecule has 2 rings (SSSR count). The second kappa shape index (κ2) is 11.5. The van der Waals surface area contributed by atoms with Gasteiger partial charge in [-0.25, -0.2) is 4.98 Å². The lowest BCUT2D eigenvalue weighted by Crippen LogP contribution is -2.39. The summed E-state index contributed by atoms with van der Waals surface area (Å²) in [4.78, 5) is 8.55. The molecule has 1 aromatic carbocycles. The third-order valence-electron chi connectivity index (χ3n) is 3.99. The Morgan fingerprint density at radius 3 is 2.72 bits per heavy atom. The molecule has 2 aromatic rings. The van der Waals surface area contributed by atoms with E-state index in [1.165, 1.54) is 5.56 Å². The summed E-state index contributed by atoms with van der Waals surface area (Å²) in [5.74, 6) is 1.90. The molecular formula is C18H27BrIN5. The Morgan fingerprint density at radius 1 is 1.32 bits per heavy atom. The number of hydrogen-bond donors (Lipinski definition) is 2. The first-order valence-corrected chi connectivity index (χ1v) is 9.10. The fraction of sp³-hybridized carbons (Fsp3) is 0.444. The zero-order chi connectivity index (χ0) is 17.4. The van der Waals surface area contributed by atoms with Gasteiger partial charge in [0.2, 0.25) is 0 Å². The fourth-order valence-electron chi connectivity index (χ4n) is 2.56. The summed E-state index contributed by atoms with van der Waals surface area (Å²) >= 11 is 3.60. The number of benzene rings is 1. The van der Waals surface area contributed by atoms with Crippen LogP contribution in [0.4, 0.5) is 0 Å². The SMILES string of the molecule is CN=C(NCCCCn1ccnc1C)NC(C)c1ccccc1Br.I. The molecule has 0 saturated heterocycles. The molecule has 1 heterocycles. The van der Waals surface area contributed by atoms with Crippen molar-refractivity contribution in [3.05, 3.63) is 52.5 Å². The molecule has 0 bridgehead atoms. The highest BCUT2D eigenvalue weighted by Crippen LogP contribution is 2.22. The maximum atomic E-state index is 4.31. The van der Waals surface area contributed by atoms with Gasteiger partial charge in [0.05, 0.1) is 6.04 Å². The summed E-state index contributed by atoms with van der Waals surface area (Å²) in [6.45, 7) is 6.07. The van der Waals surface area contributed by atoms with E-state index in [0.717, 1.165) is 42.2 Å². The van der Waals surface area contributed by atoms with Gasteiger partial charge in [-0.05, 0) is 38.3 Å². The molecule has 5 nitrogen and oxygen atoms in total. The average molecular weight is 520 g/mol. The molecule has 0 saturated carbocycles. The fourth-order valence-corrected chi connectivity index (χ4v) is 3.19. The molecule has 0 radical (unpaired) electrons. The minimum absolute atomic E-state index is 0. The average Bonchev–Trinajstić information content (AvgIpc) is 2.98. The van der Waals surface area contributed by atoms with Crippen molar-refractivity contribution in [2.75, 3.05) is 13.6 Å². The van der Waals surface area contributed by atoms with Crippen molar-refractivity contribution in [3.63, 3.8) is 0 Å². The van der Waals surface area contributed by atoms with Crippen LogP contribution < -0.4 is 10.6 Å². The van der Waals surface area contributed by atoms with Gasteiger partial charge in [-0.15, -0.1) is 24.0 Å². The first-order valence-electron chi connectivity index (χ1n) is 8.31. The van der Waals surface area contributed by atoms with Crippen molar-refractivity contribution in [2.45, 2.75) is 39.3 Å². The topological polar surface area (TPSA) is 54.2 Å². The normalized spacial score (nSPS) is 12.4. The molecule has 2 N–H and O–H groups in total. The second-order valence-electron chi connectivity index (χ2n) is 5.76. The monoisotopic (exact) mass is 519 g/mol. The Morgan fingerprint density at radius 2 is 2.08 bits per heavy atom. The van der Waals surface area contributed by atoms with Crippen molar-refractivity contribution in [3.8, 4) is 0 Å². The Balaban J connectivity index is 0.00000312. The maximum Gasteiger partial charge on any atom is 0.191 e. The van der Waals surface area contributed by atoms with Gasteiger partial charge in [-0.3, -0.25) is 4.99 Å². The van der Waals surface area contributed by atoms with E-state index in [2.05, 4.69) is 60.2 Å². The standard InChI is InChI=1S/C18H26BrN5.HI/c1-14(16-8-4-5-9-17(16)19)23-18(20-3)22-10-6-7-12-24-13-11-21-15(24)2;/h4-5,8-9,11,13-14H,6-7,10,12H2,1-3H3,(H2,20,22,23);1H. The first kappa shape index (κ1) is 22.0. The number of nitrogens with one attached hydrogen (secondary N) is 2. The molecule has 1 atom stereocenters. The van der Waals surface area contributed by atoms with E-state index < -0.39 is 0 Å². The summed E-state index contributed by atoms with van der Waals surface area (Å²) in [5.41, 5.74) is 1.22. The molecule has 25 heavy (non-hydrogen) atoms. The van der Waals surface area contributed by atoms with Gasteiger partial charge in [-0.1, -0.05) is 34.1 Å². The van der Waals surface area contributed by atoms with Gasteiger partial charge < -0.3 is 15.2 Å². The molecule has 0 amide bonds. The molecule has 0 aliphatic rings. The third-order valence-corrected chi connectivity index (χ3v) is 4.71. The molecular weight excluding hydrogens is 493 g/mol. The number of aromatic nitrogens is 2. The van der Waals surface area contributed by atoms with Crippen LogP contribution >= 0.6 is 39.9 Å². The van der Waals surface area contributed by atoms with Crippen molar-refractivity contribution >= 4 is 45.9 Å². The van der Waals surface area contributed by atoms with Gasteiger partial charge in [0.1, 0.15) is 5.82 Å². The van der Waals surface area contributed by atoms with Gasteiger partial charge in [-0.2, -0.15) is 0 Å². The van der Waals surface area contributed by atoms with Crippen molar-refractivity contribution in [1.29, 1.82) is 0 Å². The van der Waals surface area contributed by atoms with Crippen molar-refractivity contribution < 1.29 is 0 Å². The maximum absolute atomic E-state index is 4.31. The van der Waals surface area contributed by atoms with E-state index in [4.69, 9.17) is 0 Å². The van der Waals surface area contributed by atoms with Gasteiger partial charge in [0, 0.05) is 37.0 Å². The van der Waals surface area contributed by atoms with E-state index in [0.29, 0.717) is 0 Å². The highest BCUT2D eigenvalue weighted by molar-refractivity contribution is 14.0. The largest absolute Gasteiger partial charge is 0.356 e. The van der Waals surface area contributed by atoms with E-state index >= 15 is 0 Å². The summed E-state index contributed by atoms with van der Waals surface area (Å²) in [5, 5.41) is 6.81. The van der Waals surface area contributed by atoms with Crippen LogP contribution in [0.15, 0.2) is 46.1 Å². The summed E-state index contributed by atoms with van der Waals surface area (Å²) in [6, 6.07) is 8.42. The number of hydrogen-bond acceptors (Lipinski definition) is 2. The zero-order valence-corrected chi connectivity index (χ0v) is 18.9. The predicted octanol–water partition coefficient (Wildman–Crippen LogP) is 4.28. The van der Waals surface area contributed by atoms with Gasteiger partial charge in [0.25, 0.3) is 0 Å². The van der Waals surface area contributed by atoms with E-state index in [1.54, 1.807) is 7.05 Å². The Labute approximate surface area is 175 Å². The summed E-state index contributed by atoms with van der Waals surface area (Å²) in [6.07, 6.45) is 6.08. The van der Waals surface area contributed by atoms with Gasteiger partial charge in [0.15, 0.2) is 5.96 Å². The summed E-state index contributed by atoms with van der Waals surface area (Å²) < 4.78 is 3.29. The minimum Gasteiger partial charge on any atom is -0.356 e. The molecule has 1 aromatic heterocycles. The Hall–Kier alpha value is -1.09. The van der Waals surface area contributed by atoms with E-state index in [-0.39, 0.29) is 30.0 Å². The molecule has 1 unspecified atom stereocenters. The molecule has 0 fully saturated rings. The van der Waals surface area contributed by atoms with E-state index in [9.17, 15) is 0 Å². The van der Waals surface area contributed by atoms with Crippen LogP contribution in [0.2, 0.25) is 0 Å². The number of nitrogens with zero attached hydrogens (tertiary/aromatic N) is 3. The van der Waals surface area contributed by atoms with Crippen LogP contribution in [0.3, 0.4) is 0 Å². The second-order valence-corrected chi connectivity index (χ2v) is 6.62. The summed E-state index contributed by atoms with van der Waals surface area (Å²) in [7, 11) is 1.80. The predicted molar refractivity (Wildman–Crippen MR) is 119 cm³/mol. The number of aliphatic imine (C=N–C) groups is 1. The molecule has 0 aliphatic heterocycles. The number of guanidine groups is 1. The molecule has 0 aliphatic carbocycles. The number of halogens is 2. The number of unbranched alkanes of at least 4 members (excludes halogenated alkanes) is 1. The first-order chi connectivity index (χ1) is 11.6. The Bertz CT molecular complexity index is 671. The lowest BCUT2D eigenvalue weighted by molar-refractivity contribution is 0.585. The van der Waals surface area contributed by atoms with Gasteiger partial charge >= 0.3 is 0 Å². The highest BCUT2D eigenvalue weighted by atomic mass is 127. The minimum atomic E-state index is 0. The lowest BCUT2D eigenvalue weighted by atomic mass is 10.1. The zero-order valence-electron chi connectivity index (χ0n) is 15.0. The van der Waals surface area contributed by atoms with Crippen LogP contribution in [0.25, 0.3) is 0 Å². The highest BCUT2D eigenvalue weighted by Gasteiger charge is 2.10. The quantitative estimate of drug-likeness (QED) is 0.248. The number of rotatable bonds is 7. The molecule has 7 heteroatoms. The molecule has 0 spiro atoms. The molecule has 138 valence electrons. The number of imidazole rings is 1. The van der Waals surface area contributed by atoms with Crippen LogP contribution in [0, 0.1) is 6.92 Å². The van der Waals surface area contributed by atoms with E-state index in [1.807, 2.05) is 31.5 Å². The third kappa shape index (κ3) is 6.97. The Kier molecular flexibility index (Phi) is 10.1. The van der Waals surface area contributed by atoms with Crippen LogP contribution in [0.5, 0.6) is 0 Å². The van der Waals surface area contributed by atoms with Crippen molar-refractivity contribution in [2.24, 2.45) is 4.99 Å². The van der Waals surface area contributed by atoms with Crippen molar-refractivity contribution in [1.82, 2.24) is 20.2 Å². The van der Waals surface area contributed by atoms with Crippen LogP contribution in [-0.4, -0.2) is 29.1 Å². The smallest absolute Gasteiger partial charge is 0.191 e.